The highest BCUT2D eigenvalue weighted by atomic mass is 16.5. The third-order valence-corrected chi connectivity index (χ3v) is 5.82. The van der Waals surface area contributed by atoms with E-state index in [1.807, 2.05) is 45.0 Å². The van der Waals surface area contributed by atoms with Crippen LogP contribution >= 0.6 is 0 Å². The van der Waals surface area contributed by atoms with Gasteiger partial charge in [0, 0.05) is 11.1 Å². The molecule has 0 radical (unpaired) electrons. The molecule has 2 bridgehead atoms. The molecule has 2 fully saturated rings. The molecule has 0 unspecified atom stereocenters. The van der Waals surface area contributed by atoms with Crippen LogP contribution in [0.1, 0.15) is 37.6 Å². The molecule has 1 amide bonds. The summed E-state index contributed by atoms with van der Waals surface area (Å²) in [6.07, 6.45) is 3.52. The van der Waals surface area contributed by atoms with Crippen molar-refractivity contribution in [1.29, 1.82) is 0 Å². The fourth-order valence-corrected chi connectivity index (χ4v) is 4.70. The number of hydrogen-bond donors (Lipinski definition) is 2. The first kappa shape index (κ1) is 16.5. The van der Waals surface area contributed by atoms with E-state index in [2.05, 4.69) is 5.32 Å². The van der Waals surface area contributed by atoms with Crippen LogP contribution in [0.15, 0.2) is 42.5 Å². The van der Waals surface area contributed by atoms with Gasteiger partial charge in [0.25, 0.3) is 0 Å². The summed E-state index contributed by atoms with van der Waals surface area (Å²) >= 11 is 0. The van der Waals surface area contributed by atoms with Gasteiger partial charge in [-0.1, -0.05) is 42.5 Å². The number of rotatable bonds is 4. The van der Waals surface area contributed by atoms with E-state index in [1.165, 1.54) is 0 Å². The standard InChI is InChI=1S/C20H23NO4/c1-17(2,3)21-16(24)20-11-19(20,14-9-10-18(20,12-22)25-14)15(23)13-7-5-4-6-8-13/h4-10,14,22H,11-12H2,1-3H3,(H,21,24)/t14-,18-,19+,20+/m1/s1. The highest BCUT2D eigenvalue weighted by Gasteiger charge is 2.91. The van der Waals surface area contributed by atoms with Gasteiger partial charge in [-0.3, -0.25) is 9.59 Å². The Morgan fingerprint density at radius 1 is 1.28 bits per heavy atom. The predicted octanol–water partition coefficient (Wildman–Crippen LogP) is 1.86. The number of carbonyl (C=O) groups excluding carboxylic acids is 2. The summed E-state index contributed by atoms with van der Waals surface area (Å²) < 4.78 is 6.01. The second-order valence-electron chi connectivity index (χ2n) is 8.40. The highest BCUT2D eigenvalue weighted by Crippen LogP contribution is 2.80. The largest absolute Gasteiger partial charge is 0.393 e. The zero-order valence-electron chi connectivity index (χ0n) is 14.7. The van der Waals surface area contributed by atoms with Gasteiger partial charge in [0.05, 0.1) is 18.1 Å². The molecule has 4 atom stereocenters. The molecule has 1 aromatic carbocycles. The maximum absolute atomic E-state index is 13.4. The molecular formula is C20H23NO4. The van der Waals surface area contributed by atoms with Gasteiger partial charge >= 0.3 is 0 Å². The number of aliphatic hydroxyl groups is 1. The van der Waals surface area contributed by atoms with Crippen LogP contribution in [0.5, 0.6) is 0 Å². The quantitative estimate of drug-likeness (QED) is 0.647. The van der Waals surface area contributed by atoms with Crippen molar-refractivity contribution in [3.05, 3.63) is 48.0 Å². The van der Waals surface area contributed by atoms with E-state index in [1.54, 1.807) is 18.2 Å². The maximum Gasteiger partial charge on any atom is 0.231 e. The summed E-state index contributed by atoms with van der Waals surface area (Å²) in [6, 6.07) is 9.02. The van der Waals surface area contributed by atoms with Crippen molar-refractivity contribution in [3.63, 3.8) is 0 Å². The van der Waals surface area contributed by atoms with Crippen LogP contribution in [0.25, 0.3) is 0 Å². The van der Waals surface area contributed by atoms with Crippen molar-refractivity contribution >= 4 is 11.7 Å². The summed E-state index contributed by atoms with van der Waals surface area (Å²) in [5.41, 5.74) is -2.95. The number of ketones is 1. The van der Waals surface area contributed by atoms with Gasteiger partial charge in [0.1, 0.15) is 11.0 Å². The van der Waals surface area contributed by atoms with Gasteiger partial charge in [-0.15, -0.1) is 0 Å². The molecule has 5 heteroatoms. The first-order chi connectivity index (χ1) is 11.7. The Kier molecular flexibility index (Phi) is 3.17. The van der Waals surface area contributed by atoms with E-state index < -0.39 is 28.1 Å². The van der Waals surface area contributed by atoms with Crippen molar-refractivity contribution in [2.24, 2.45) is 10.8 Å². The van der Waals surface area contributed by atoms with Crippen molar-refractivity contribution in [2.75, 3.05) is 6.61 Å². The van der Waals surface area contributed by atoms with Crippen molar-refractivity contribution in [1.82, 2.24) is 5.32 Å². The zero-order valence-corrected chi connectivity index (χ0v) is 14.7. The van der Waals surface area contributed by atoms with E-state index in [4.69, 9.17) is 4.74 Å². The fraction of sp³-hybridized carbons (Fsp3) is 0.500. The molecule has 4 rings (SSSR count). The number of hydrogen-bond acceptors (Lipinski definition) is 4. The van der Waals surface area contributed by atoms with Crippen LogP contribution in [0.3, 0.4) is 0 Å². The van der Waals surface area contributed by atoms with E-state index in [-0.39, 0.29) is 18.3 Å². The summed E-state index contributed by atoms with van der Waals surface area (Å²) in [7, 11) is 0. The third-order valence-electron chi connectivity index (χ3n) is 5.82. The SMILES string of the molecule is CC(C)(C)NC(=O)[C@]12C[C@@]1(C(=O)c1ccccc1)[C@H]1C=C[C@]2(CO)O1. The molecule has 0 spiro atoms. The Labute approximate surface area is 147 Å². The second kappa shape index (κ2) is 4.80. The summed E-state index contributed by atoms with van der Waals surface area (Å²) in [5.74, 6) is -0.299. The Balaban J connectivity index is 1.80. The second-order valence-corrected chi connectivity index (χ2v) is 8.40. The van der Waals surface area contributed by atoms with Gasteiger partial charge in [0.15, 0.2) is 5.78 Å². The number of aliphatic hydroxyl groups excluding tert-OH is 1. The summed E-state index contributed by atoms with van der Waals surface area (Å²) in [6.45, 7) is 5.39. The highest BCUT2D eigenvalue weighted by molar-refractivity contribution is 6.11. The maximum atomic E-state index is 13.4. The van der Waals surface area contributed by atoms with Gasteiger partial charge < -0.3 is 15.2 Å². The number of amides is 1. The summed E-state index contributed by atoms with van der Waals surface area (Å²) in [5, 5.41) is 13.1. The van der Waals surface area contributed by atoms with Gasteiger partial charge in [-0.25, -0.2) is 0 Å². The Hall–Kier alpha value is -1.98. The molecule has 2 N–H and O–H groups in total. The predicted molar refractivity (Wildman–Crippen MR) is 92.0 cm³/mol. The molecule has 3 aliphatic rings. The van der Waals surface area contributed by atoms with Crippen molar-refractivity contribution < 1.29 is 19.4 Å². The van der Waals surface area contributed by atoms with Gasteiger partial charge in [0.2, 0.25) is 5.91 Å². The fourth-order valence-electron chi connectivity index (χ4n) is 4.70. The Morgan fingerprint density at radius 2 is 1.96 bits per heavy atom. The lowest BCUT2D eigenvalue weighted by Crippen LogP contribution is -2.55. The first-order valence-electron chi connectivity index (χ1n) is 8.63. The molecule has 132 valence electrons. The van der Waals surface area contributed by atoms with Crippen LogP contribution in [-0.2, 0) is 9.53 Å². The molecule has 0 aromatic heterocycles. The zero-order chi connectivity index (χ0) is 18.1. The number of fused-ring (bicyclic) bond motifs is 5. The number of nitrogens with one attached hydrogen (secondary N) is 1. The van der Waals surface area contributed by atoms with E-state index in [9.17, 15) is 14.7 Å². The molecule has 1 aliphatic carbocycles. The normalized spacial score (nSPS) is 37.7. The Bertz CT molecular complexity index is 781. The number of carbonyl (C=O) groups is 2. The molecular weight excluding hydrogens is 318 g/mol. The minimum atomic E-state index is -1.11. The van der Waals surface area contributed by atoms with Crippen LogP contribution in [-0.4, -0.2) is 40.6 Å². The van der Waals surface area contributed by atoms with Crippen molar-refractivity contribution in [3.8, 4) is 0 Å². The minimum Gasteiger partial charge on any atom is -0.393 e. The van der Waals surface area contributed by atoms with E-state index in [0.717, 1.165) is 0 Å². The molecule has 2 aliphatic heterocycles. The first-order valence-corrected chi connectivity index (χ1v) is 8.63. The monoisotopic (exact) mass is 341 g/mol. The average molecular weight is 341 g/mol. The van der Waals surface area contributed by atoms with Crippen LogP contribution < -0.4 is 5.32 Å². The van der Waals surface area contributed by atoms with Crippen molar-refractivity contribution in [2.45, 2.75) is 44.4 Å². The average Bonchev–Trinajstić information content (AvgIpc) is 3.06. The lowest BCUT2D eigenvalue weighted by Gasteiger charge is -2.34. The number of ether oxygens (including phenoxy) is 1. The lowest BCUT2D eigenvalue weighted by molar-refractivity contribution is -0.137. The lowest BCUT2D eigenvalue weighted by atomic mass is 9.72. The van der Waals surface area contributed by atoms with Gasteiger partial charge in [-0.05, 0) is 27.2 Å². The number of benzene rings is 1. The molecule has 1 aromatic rings. The molecule has 25 heavy (non-hydrogen) atoms. The van der Waals surface area contributed by atoms with Crippen LogP contribution in [0.4, 0.5) is 0 Å². The minimum absolute atomic E-state index is 0.0816. The molecule has 2 heterocycles. The van der Waals surface area contributed by atoms with Crippen LogP contribution in [0.2, 0.25) is 0 Å². The third kappa shape index (κ3) is 1.85. The van der Waals surface area contributed by atoms with Crippen LogP contribution in [0, 0.1) is 10.8 Å². The van der Waals surface area contributed by atoms with Gasteiger partial charge in [-0.2, -0.15) is 0 Å². The number of Topliss-reactive ketones (excluding diaryl/α,β-unsaturated/α-hetero) is 1. The Morgan fingerprint density at radius 3 is 2.56 bits per heavy atom. The molecule has 1 saturated heterocycles. The topological polar surface area (TPSA) is 75.6 Å². The smallest absolute Gasteiger partial charge is 0.231 e. The summed E-state index contributed by atoms with van der Waals surface area (Å²) in [4.78, 5) is 26.6. The van der Waals surface area contributed by atoms with E-state index in [0.29, 0.717) is 12.0 Å². The molecule has 1 saturated carbocycles. The van der Waals surface area contributed by atoms with E-state index >= 15 is 0 Å². The molecule has 5 nitrogen and oxygen atoms in total.